The molecule has 1 saturated heterocycles. The molecule has 2 aliphatic carbocycles. The number of amides is 2. The van der Waals surface area contributed by atoms with Crippen molar-refractivity contribution in [1.82, 2.24) is 19.1 Å². The molecule has 1 aromatic rings. The van der Waals surface area contributed by atoms with Crippen molar-refractivity contribution in [1.29, 1.82) is 0 Å². The van der Waals surface area contributed by atoms with Gasteiger partial charge in [-0.25, -0.2) is 18.2 Å². The zero-order valence-electron chi connectivity index (χ0n) is 21.3. The first kappa shape index (κ1) is 26.8. The maximum absolute atomic E-state index is 13.4. The van der Waals surface area contributed by atoms with Crippen LogP contribution in [0, 0.1) is 0 Å². The average Bonchev–Trinajstić information content (AvgIpc) is 3.31. The highest BCUT2D eigenvalue weighted by atomic mass is 32.2. The quantitative estimate of drug-likeness (QED) is 0.496. The highest BCUT2D eigenvalue weighted by molar-refractivity contribution is 7.89. The van der Waals surface area contributed by atoms with Crippen LogP contribution in [0.15, 0.2) is 6.20 Å². The lowest BCUT2D eigenvalue weighted by atomic mass is 9.89. The van der Waals surface area contributed by atoms with E-state index in [1.165, 1.54) is 49.9 Å². The van der Waals surface area contributed by atoms with Crippen molar-refractivity contribution in [3.8, 4) is 0 Å². The van der Waals surface area contributed by atoms with Crippen LogP contribution in [0.2, 0.25) is 0 Å². The van der Waals surface area contributed by atoms with Gasteiger partial charge < -0.3 is 4.90 Å². The van der Waals surface area contributed by atoms with Crippen molar-refractivity contribution in [2.24, 2.45) is 0 Å². The second kappa shape index (κ2) is 12.8. The number of anilines is 1. The largest absolute Gasteiger partial charge is 0.324 e. The van der Waals surface area contributed by atoms with Gasteiger partial charge in [0.1, 0.15) is 0 Å². The summed E-state index contributed by atoms with van der Waals surface area (Å²) in [5.74, 6) is 0.250. The van der Waals surface area contributed by atoms with E-state index in [1.807, 2.05) is 13.1 Å². The minimum atomic E-state index is -3.13. The molecule has 0 unspecified atom stereocenters. The lowest BCUT2D eigenvalue weighted by molar-refractivity contribution is 0.114. The molecule has 3 fully saturated rings. The Labute approximate surface area is 215 Å². The first-order valence-corrected chi connectivity index (χ1v) is 16.1. The summed E-state index contributed by atoms with van der Waals surface area (Å²) in [7, 11) is -3.13. The van der Waals surface area contributed by atoms with Gasteiger partial charge in [-0.3, -0.25) is 10.2 Å². The van der Waals surface area contributed by atoms with Gasteiger partial charge in [-0.2, -0.15) is 4.31 Å². The molecular formula is C25H43N5O3S2. The molecule has 0 spiro atoms. The molecule has 0 aromatic carbocycles. The van der Waals surface area contributed by atoms with Crippen molar-refractivity contribution >= 4 is 32.5 Å². The maximum Gasteiger partial charge on any atom is 0.324 e. The van der Waals surface area contributed by atoms with E-state index in [-0.39, 0.29) is 11.8 Å². The highest BCUT2D eigenvalue weighted by Crippen LogP contribution is 2.31. The summed E-state index contributed by atoms with van der Waals surface area (Å²) in [4.78, 5) is 23.5. The van der Waals surface area contributed by atoms with Crippen LogP contribution in [0.4, 0.5) is 9.93 Å². The summed E-state index contributed by atoms with van der Waals surface area (Å²) in [6, 6.07) is 0.739. The number of nitrogens with zero attached hydrogens (tertiary/aromatic N) is 4. The van der Waals surface area contributed by atoms with E-state index in [4.69, 9.17) is 0 Å². The molecule has 1 aromatic heterocycles. The van der Waals surface area contributed by atoms with Crippen LogP contribution in [0.5, 0.6) is 0 Å². The van der Waals surface area contributed by atoms with Crippen LogP contribution >= 0.6 is 11.3 Å². The minimum Gasteiger partial charge on any atom is -0.319 e. The molecule has 2 saturated carbocycles. The molecule has 2 heterocycles. The summed E-state index contributed by atoms with van der Waals surface area (Å²) in [5, 5.41) is 3.80. The second-order valence-electron chi connectivity index (χ2n) is 10.4. The Morgan fingerprint density at radius 2 is 1.63 bits per heavy atom. The van der Waals surface area contributed by atoms with E-state index < -0.39 is 10.0 Å². The van der Waals surface area contributed by atoms with Crippen LogP contribution < -0.4 is 5.32 Å². The van der Waals surface area contributed by atoms with Gasteiger partial charge in [0.15, 0.2) is 5.13 Å². The number of sulfonamides is 1. The molecule has 4 rings (SSSR count). The fourth-order valence-electron chi connectivity index (χ4n) is 5.78. The standard InChI is InChI=1S/C25H43N5O3S2/c1-2-3-18-35(32,33)29-16-14-28(15-17-29)20-23-19-26-24(34-23)27-25(31)30(21-10-6-4-7-11-21)22-12-8-5-9-13-22/h19,21-22H,2-18,20H2,1H3,(H,26,27,31). The predicted molar refractivity (Wildman–Crippen MR) is 142 cm³/mol. The van der Waals surface area contributed by atoms with E-state index in [0.29, 0.717) is 30.3 Å². The Morgan fingerprint density at radius 1 is 1.03 bits per heavy atom. The first-order valence-electron chi connectivity index (χ1n) is 13.7. The number of unbranched alkanes of at least 4 members (excludes halogenated alkanes) is 1. The second-order valence-corrected chi connectivity index (χ2v) is 13.6. The SMILES string of the molecule is CCCCS(=O)(=O)N1CCN(Cc2cnc(NC(=O)N(C3CCCCC3)C3CCCCC3)s2)CC1. The molecular weight excluding hydrogens is 482 g/mol. The molecule has 1 N–H and O–H groups in total. The van der Waals surface area contributed by atoms with Gasteiger partial charge >= 0.3 is 6.03 Å². The number of piperazine rings is 1. The van der Waals surface area contributed by atoms with Crippen LogP contribution in [0.25, 0.3) is 0 Å². The Morgan fingerprint density at radius 3 is 2.20 bits per heavy atom. The Bertz CT molecular complexity index is 884. The van der Waals surface area contributed by atoms with Crippen LogP contribution in [0.1, 0.15) is 88.9 Å². The molecule has 0 radical (unpaired) electrons. The normalized spacial score (nSPS) is 21.7. The van der Waals surface area contributed by atoms with Crippen molar-refractivity contribution in [2.45, 2.75) is 103 Å². The number of hydrogen-bond donors (Lipinski definition) is 1. The summed E-state index contributed by atoms with van der Waals surface area (Å²) in [6.45, 7) is 5.30. The molecule has 10 heteroatoms. The zero-order valence-corrected chi connectivity index (χ0v) is 22.9. The zero-order chi connectivity index (χ0) is 24.7. The highest BCUT2D eigenvalue weighted by Gasteiger charge is 2.33. The summed E-state index contributed by atoms with van der Waals surface area (Å²) in [5.41, 5.74) is 0. The molecule has 0 bridgehead atoms. The van der Waals surface area contributed by atoms with Crippen molar-refractivity contribution in [3.63, 3.8) is 0 Å². The van der Waals surface area contributed by atoms with E-state index in [2.05, 4.69) is 20.1 Å². The number of carbonyl (C=O) groups excluding carboxylic acids is 1. The number of urea groups is 1. The fourth-order valence-corrected chi connectivity index (χ4v) is 8.26. The molecule has 2 amide bonds. The van der Waals surface area contributed by atoms with Crippen molar-refractivity contribution < 1.29 is 13.2 Å². The molecule has 8 nitrogen and oxygen atoms in total. The number of thiazole rings is 1. The van der Waals surface area contributed by atoms with Crippen LogP contribution in [-0.2, 0) is 16.6 Å². The summed E-state index contributed by atoms with van der Waals surface area (Å²) >= 11 is 1.54. The maximum atomic E-state index is 13.4. The number of rotatable bonds is 9. The van der Waals surface area contributed by atoms with E-state index >= 15 is 0 Å². The van der Waals surface area contributed by atoms with Gasteiger partial charge in [-0.1, -0.05) is 51.9 Å². The number of aromatic nitrogens is 1. The van der Waals surface area contributed by atoms with Crippen LogP contribution in [-0.4, -0.2) is 77.6 Å². The van der Waals surface area contributed by atoms with Gasteiger partial charge in [-0.05, 0) is 32.1 Å². The summed E-state index contributed by atoms with van der Waals surface area (Å²) < 4.78 is 26.6. The predicted octanol–water partition coefficient (Wildman–Crippen LogP) is 4.89. The molecule has 198 valence electrons. The first-order chi connectivity index (χ1) is 17.0. The van der Waals surface area contributed by atoms with Gasteiger partial charge in [0.05, 0.1) is 5.75 Å². The Balaban J connectivity index is 1.30. The number of carbonyl (C=O) groups is 1. The Hall–Kier alpha value is -1.23. The van der Waals surface area contributed by atoms with E-state index in [9.17, 15) is 13.2 Å². The van der Waals surface area contributed by atoms with Gasteiger partial charge in [-0.15, -0.1) is 11.3 Å². The lowest BCUT2D eigenvalue weighted by Crippen LogP contribution is -2.50. The molecule has 1 aliphatic heterocycles. The molecule has 0 atom stereocenters. The van der Waals surface area contributed by atoms with Crippen molar-refractivity contribution in [2.75, 3.05) is 37.2 Å². The third-order valence-electron chi connectivity index (χ3n) is 7.80. The molecule has 3 aliphatic rings. The van der Waals surface area contributed by atoms with Crippen molar-refractivity contribution in [3.05, 3.63) is 11.1 Å². The van der Waals surface area contributed by atoms with Gasteiger partial charge in [0.2, 0.25) is 10.0 Å². The van der Waals surface area contributed by atoms with Gasteiger partial charge in [0.25, 0.3) is 0 Å². The van der Waals surface area contributed by atoms with Crippen LogP contribution in [0.3, 0.4) is 0 Å². The average molecular weight is 526 g/mol. The number of nitrogens with one attached hydrogen (secondary N) is 1. The topological polar surface area (TPSA) is 85.9 Å². The van der Waals surface area contributed by atoms with E-state index in [1.54, 1.807) is 4.31 Å². The monoisotopic (exact) mass is 525 g/mol. The van der Waals surface area contributed by atoms with Gasteiger partial charge in [0, 0.05) is 55.9 Å². The fraction of sp³-hybridized carbons (Fsp3) is 0.840. The minimum absolute atomic E-state index is 0.0237. The Kier molecular flexibility index (Phi) is 9.83. The molecule has 35 heavy (non-hydrogen) atoms. The lowest BCUT2D eigenvalue weighted by Gasteiger charge is -2.41. The summed E-state index contributed by atoms with van der Waals surface area (Å²) in [6.07, 6.45) is 15.4. The third kappa shape index (κ3) is 7.40. The van der Waals surface area contributed by atoms with E-state index in [0.717, 1.165) is 63.0 Å². The number of hydrogen-bond acceptors (Lipinski definition) is 6. The smallest absolute Gasteiger partial charge is 0.319 e. The third-order valence-corrected chi connectivity index (χ3v) is 10.7.